The monoisotopic (exact) mass is 306 g/mol. The zero-order valence-electron chi connectivity index (χ0n) is 13.9. The Hall–Kier alpha value is -2.49. The number of aromatic nitrogens is 4. The van der Waals surface area contributed by atoms with Gasteiger partial charge in [-0.1, -0.05) is 38.1 Å². The van der Waals surface area contributed by atoms with Crippen LogP contribution < -0.4 is 0 Å². The maximum Gasteiger partial charge on any atom is 0.115 e. The van der Waals surface area contributed by atoms with Gasteiger partial charge in [-0.15, -0.1) is 0 Å². The number of aryl methyl sites for hydroxylation is 1. The van der Waals surface area contributed by atoms with Crippen molar-refractivity contribution in [3.05, 3.63) is 77.1 Å². The maximum atomic E-state index is 4.38. The fourth-order valence-corrected chi connectivity index (χ4v) is 2.54. The van der Waals surface area contributed by atoms with Crippen LogP contribution in [0.1, 0.15) is 47.8 Å². The second-order valence-electron chi connectivity index (χ2n) is 6.30. The lowest BCUT2D eigenvalue weighted by Gasteiger charge is -2.07. The van der Waals surface area contributed by atoms with E-state index in [0.29, 0.717) is 5.92 Å². The molecule has 0 unspecified atom stereocenters. The largest absolute Gasteiger partial charge is 0.268 e. The quantitative estimate of drug-likeness (QED) is 0.721. The Bertz CT molecular complexity index is 772. The van der Waals surface area contributed by atoms with Gasteiger partial charge in [0.2, 0.25) is 0 Å². The molecule has 0 aliphatic heterocycles. The molecular weight excluding hydrogens is 284 g/mol. The van der Waals surface area contributed by atoms with Crippen LogP contribution >= 0.6 is 0 Å². The maximum absolute atomic E-state index is 4.38. The summed E-state index contributed by atoms with van der Waals surface area (Å²) in [7, 11) is 0. The highest BCUT2D eigenvalue weighted by Crippen LogP contribution is 2.14. The van der Waals surface area contributed by atoms with Gasteiger partial charge in [0.25, 0.3) is 0 Å². The summed E-state index contributed by atoms with van der Waals surface area (Å²) in [5, 5.41) is 4.33. The third-order valence-corrected chi connectivity index (χ3v) is 3.85. The normalized spacial score (nSPS) is 11.1. The van der Waals surface area contributed by atoms with E-state index in [-0.39, 0.29) is 0 Å². The molecule has 3 rings (SSSR count). The number of rotatable bonds is 5. The van der Waals surface area contributed by atoms with E-state index in [2.05, 4.69) is 72.4 Å². The second kappa shape index (κ2) is 6.73. The van der Waals surface area contributed by atoms with Gasteiger partial charge in [0.15, 0.2) is 0 Å². The first-order valence-corrected chi connectivity index (χ1v) is 7.98. The van der Waals surface area contributed by atoms with E-state index < -0.39 is 0 Å². The Kier molecular flexibility index (Phi) is 4.51. The Morgan fingerprint density at radius 1 is 1.04 bits per heavy atom. The van der Waals surface area contributed by atoms with E-state index in [9.17, 15) is 0 Å². The minimum Gasteiger partial charge on any atom is -0.268 e. The Morgan fingerprint density at radius 2 is 1.78 bits per heavy atom. The molecule has 0 fully saturated rings. The topological polar surface area (TPSA) is 43.6 Å². The molecule has 118 valence electrons. The Balaban J connectivity index is 1.68. The number of benzene rings is 1. The van der Waals surface area contributed by atoms with Crippen molar-refractivity contribution in [1.29, 1.82) is 0 Å². The van der Waals surface area contributed by atoms with Crippen LogP contribution in [0, 0.1) is 6.92 Å². The van der Waals surface area contributed by atoms with E-state index in [1.807, 2.05) is 10.9 Å². The molecule has 0 spiro atoms. The van der Waals surface area contributed by atoms with Gasteiger partial charge >= 0.3 is 0 Å². The molecule has 0 saturated heterocycles. The average Bonchev–Trinajstić information content (AvgIpc) is 2.94. The van der Waals surface area contributed by atoms with Crippen LogP contribution in [0.4, 0.5) is 0 Å². The fraction of sp³-hybridized carbons (Fsp3) is 0.316. The van der Waals surface area contributed by atoms with Crippen LogP contribution in [0.3, 0.4) is 0 Å². The summed E-state index contributed by atoms with van der Waals surface area (Å²) in [4.78, 5) is 8.71. The fourth-order valence-electron chi connectivity index (χ4n) is 2.54. The Labute approximate surface area is 137 Å². The molecule has 1 aromatic carbocycles. The standard InChI is InChI=1S/C19H22N4/c1-14(2)19-9-18(20-13-21-19)8-16-4-6-17(7-5-16)12-23-11-15(3)10-22-23/h4-7,9-11,13-14H,8,12H2,1-3H3. The molecule has 4 heteroatoms. The molecule has 0 N–H and O–H groups in total. The number of nitrogens with zero attached hydrogens (tertiary/aromatic N) is 4. The van der Waals surface area contributed by atoms with Gasteiger partial charge in [0.1, 0.15) is 6.33 Å². The lowest BCUT2D eigenvalue weighted by Crippen LogP contribution is -2.01. The summed E-state index contributed by atoms with van der Waals surface area (Å²) in [6, 6.07) is 10.8. The highest BCUT2D eigenvalue weighted by atomic mass is 15.3. The van der Waals surface area contributed by atoms with Crippen molar-refractivity contribution in [3.63, 3.8) is 0 Å². The third-order valence-electron chi connectivity index (χ3n) is 3.85. The van der Waals surface area contributed by atoms with Gasteiger partial charge in [0.05, 0.1) is 12.7 Å². The summed E-state index contributed by atoms with van der Waals surface area (Å²) in [5.74, 6) is 0.427. The van der Waals surface area contributed by atoms with Crippen LogP contribution in [-0.4, -0.2) is 19.7 Å². The van der Waals surface area contributed by atoms with E-state index in [1.54, 1.807) is 6.33 Å². The van der Waals surface area contributed by atoms with Crippen LogP contribution in [-0.2, 0) is 13.0 Å². The SMILES string of the molecule is Cc1cnn(Cc2ccc(Cc3cc(C(C)C)ncn3)cc2)c1. The summed E-state index contributed by atoms with van der Waals surface area (Å²) < 4.78 is 1.96. The highest BCUT2D eigenvalue weighted by Gasteiger charge is 2.04. The number of hydrogen-bond acceptors (Lipinski definition) is 3. The van der Waals surface area contributed by atoms with Gasteiger partial charge in [-0.3, -0.25) is 4.68 Å². The van der Waals surface area contributed by atoms with Crippen molar-refractivity contribution in [3.8, 4) is 0 Å². The van der Waals surface area contributed by atoms with Crippen molar-refractivity contribution in [2.75, 3.05) is 0 Å². The molecule has 2 heterocycles. The zero-order valence-corrected chi connectivity index (χ0v) is 13.9. The Morgan fingerprint density at radius 3 is 2.43 bits per heavy atom. The van der Waals surface area contributed by atoms with Gasteiger partial charge in [-0.2, -0.15) is 5.10 Å². The minimum atomic E-state index is 0.427. The molecule has 0 atom stereocenters. The molecule has 0 aliphatic rings. The predicted octanol–water partition coefficient (Wildman–Crippen LogP) is 3.74. The van der Waals surface area contributed by atoms with E-state index in [4.69, 9.17) is 0 Å². The third kappa shape index (κ3) is 4.03. The summed E-state index contributed by atoms with van der Waals surface area (Å²) >= 11 is 0. The molecular formula is C19H22N4. The molecule has 0 amide bonds. The molecule has 0 bridgehead atoms. The van der Waals surface area contributed by atoms with Gasteiger partial charge in [-0.25, -0.2) is 9.97 Å². The van der Waals surface area contributed by atoms with Gasteiger partial charge in [0, 0.05) is 24.0 Å². The molecule has 3 aromatic rings. The number of hydrogen-bond donors (Lipinski definition) is 0. The van der Waals surface area contributed by atoms with Crippen LogP contribution in [0.15, 0.2) is 49.1 Å². The smallest absolute Gasteiger partial charge is 0.115 e. The van der Waals surface area contributed by atoms with Crippen LogP contribution in [0.25, 0.3) is 0 Å². The summed E-state index contributed by atoms with van der Waals surface area (Å²) in [5.41, 5.74) is 5.87. The molecule has 0 aliphatic carbocycles. The first-order chi connectivity index (χ1) is 11.1. The molecule has 0 radical (unpaired) electrons. The lowest BCUT2D eigenvalue weighted by molar-refractivity contribution is 0.686. The van der Waals surface area contributed by atoms with Crippen molar-refractivity contribution >= 4 is 0 Å². The van der Waals surface area contributed by atoms with Gasteiger partial charge in [-0.05, 0) is 35.6 Å². The van der Waals surface area contributed by atoms with Crippen LogP contribution in [0.5, 0.6) is 0 Å². The van der Waals surface area contributed by atoms with E-state index in [1.165, 1.54) is 16.7 Å². The zero-order chi connectivity index (χ0) is 16.2. The van der Waals surface area contributed by atoms with Crippen molar-refractivity contribution in [2.45, 2.75) is 39.7 Å². The van der Waals surface area contributed by atoms with Crippen molar-refractivity contribution < 1.29 is 0 Å². The lowest BCUT2D eigenvalue weighted by atomic mass is 10.0. The minimum absolute atomic E-state index is 0.427. The van der Waals surface area contributed by atoms with E-state index in [0.717, 1.165) is 24.4 Å². The van der Waals surface area contributed by atoms with Gasteiger partial charge < -0.3 is 0 Å². The summed E-state index contributed by atoms with van der Waals surface area (Å²) in [6.45, 7) is 7.16. The first kappa shape index (κ1) is 15.4. The van der Waals surface area contributed by atoms with Crippen molar-refractivity contribution in [1.82, 2.24) is 19.7 Å². The molecule has 23 heavy (non-hydrogen) atoms. The predicted molar refractivity (Wildman–Crippen MR) is 91.4 cm³/mol. The summed E-state index contributed by atoms with van der Waals surface area (Å²) in [6.07, 6.45) is 6.44. The van der Waals surface area contributed by atoms with Crippen molar-refractivity contribution in [2.24, 2.45) is 0 Å². The second-order valence-corrected chi connectivity index (χ2v) is 6.30. The van der Waals surface area contributed by atoms with Crippen LogP contribution in [0.2, 0.25) is 0 Å². The molecule has 4 nitrogen and oxygen atoms in total. The molecule has 2 aromatic heterocycles. The average molecular weight is 306 g/mol. The van der Waals surface area contributed by atoms with E-state index >= 15 is 0 Å². The highest BCUT2D eigenvalue weighted by molar-refractivity contribution is 5.27. The first-order valence-electron chi connectivity index (χ1n) is 7.98. The molecule has 0 saturated carbocycles.